The lowest BCUT2D eigenvalue weighted by Gasteiger charge is -2.09. The Morgan fingerprint density at radius 1 is 1.44 bits per heavy atom. The van der Waals surface area contributed by atoms with Crippen LogP contribution in [0.4, 0.5) is 11.4 Å². The first kappa shape index (κ1) is 12.0. The van der Waals surface area contributed by atoms with E-state index in [2.05, 4.69) is 10.3 Å². The van der Waals surface area contributed by atoms with E-state index in [0.29, 0.717) is 11.3 Å². The number of hydrogen-bond donors (Lipinski definition) is 3. The fourth-order valence-electron chi connectivity index (χ4n) is 1.63. The molecule has 94 valence electrons. The summed E-state index contributed by atoms with van der Waals surface area (Å²) < 4.78 is 1.96. The average Bonchev–Trinajstić information content (AvgIpc) is 2.84. The van der Waals surface area contributed by atoms with Crippen molar-refractivity contribution in [3.63, 3.8) is 0 Å². The Hall–Kier alpha value is -2.50. The third-order valence-electron chi connectivity index (χ3n) is 2.58. The van der Waals surface area contributed by atoms with E-state index in [9.17, 15) is 4.79 Å². The molecule has 5 N–H and O–H groups in total. The Labute approximate surface area is 105 Å². The number of benzene rings is 1. The monoisotopic (exact) mass is 245 g/mol. The van der Waals surface area contributed by atoms with Gasteiger partial charge >= 0.3 is 0 Å². The Bertz CT molecular complexity index is 535. The van der Waals surface area contributed by atoms with Crippen molar-refractivity contribution in [3.8, 4) is 0 Å². The number of imidazole rings is 1. The van der Waals surface area contributed by atoms with Crippen LogP contribution in [0.3, 0.4) is 0 Å². The minimum atomic E-state index is -0.522. The second kappa shape index (κ2) is 5.22. The summed E-state index contributed by atoms with van der Waals surface area (Å²) in [7, 11) is 0. The molecule has 0 fully saturated rings. The molecule has 0 radical (unpaired) electrons. The van der Waals surface area contributed by atoms with Crippen molar-refractivity contribution in [2.75, 3.05) is 17.6 Å². The first-order valence-electron chi connectivity index (χ1n) is 5.56. The smallest absolute Gasteiger partial charge is 0.250 e. The fraction of sp³-hybridized carbons (Fsp3) is 0.167. The van der Waals surface area contributed by atoms with Gasteiger partial charge in [-0.15, -0.1) is 0 Å². The Balaban J connectivity index is 1.97. The van der Waals surface area contributed by atoms with Crippen LogP contribution >= 0.6 is 0 Å². The molecule has 6 heteroatoms. The van der Waals surface area contributed by atoms with Crippen molar-refractivity contribution < 1.29 is 4.79 Å². The second-order valence-electron chi connectivity index (χ2n) is 3.89. The molecule has 0 spiro atoms. The minimum absolute atomic E-state index is 0.336. The molecular formula is C12H15N5O. The van der Waals surface area contributed by atoms with Crippen molar-refractivity contribution in [1.82, 2.24) is 9.55 Å². The summed E-state index contributed by atoms with van der Waals surface area (Å²) in [6, 6.07) is 5.14. The predicted octanol–water partition coefficient (Wildman–Crippen LogP) is 0.676. The van der Waals surface area contributed by atoms with Gasteiger partial charge in [0, 0.05) is 36.9 Å². The Morgan fingerprint density at radius 3 is 2.94 bits per heavy atom. The van der Waals surface area contributed by atoms with E-state index in [0.717, 1.165) is 18.8 Å². The molecule has 0 aliphatic heterocycles. The number of nitrogens with one attached hydrogen (secondary N) is 1. The molecule has 2 rings (SSSR count). The molecule has 0 unspecified atom stereocenters. The summed E-state index contributed by atoms with van der Waals surface area (Å²) in [4.78, 5) is 15.1. The quantitative estimate of drug-likeness (QED) is 0.674. The van der Waals surface area contributed by atoms with Crippen molar-refractivity contribution in [2.45, 2.75) is 6.54 Å². The Morgan fingerprint density at radius 2 is 2.28 bits per heavy atom. The van der Waals surface area contributed by atoms with Gasteiger partial charge in [-0.05, 0) is 18.2 Å². The van der Waals surface area contributed by atoms with Gasteiger partial charge in [0.05, 0.1) is 11.9 Å². The number of rotatable bonds is 5. The maximum atomic E-state index is 11.1. The minimum Gasteiger partial charge on any atom is -0.398 e. The molecule has 1 aromatic carbocycles. The third kappa shape index (κ3) is 2.79. The molecule has 0 bridgehead atoms. The first-order valence-corrected chi connectivity index (χ1v) is 5.56. The van der Waals surface area contributed by atoms with E-state index in [1.807, 2.05) is 16.8 Å². The number of primary amides is 1. The molecule has 0 saturated heterocycles. The van der Waals surface area contributed by atoms with E-state index in [4.69, 9.17) is 11.5 Å². The van der Waals surface area contributed by atoms with Gasteiger partial charge in [0.1, 0.15) is 0 Å². The maximum Gasteiger partial charge on any atom is 0.250 e. The highest BCUT2D eigenvalue weighted by Gasteiger charge is 2.06. The first-order chi connectivity index (χ1) is 8.66. The second-order valence-corrected chi connectivity index (χ2v) is 3.89. The van der Waals surface area contributed by atoms with Crippen molar-refractivity contribution in [2.24, 2.45) is 5.73 Å². The lowest BCUT2D eigenvalue weighted by molar-refractivity contribution is 0.100. The van der Waals surface area contributed by atoms with Crippen LogP contribution in [-0.2, 0) is 6.54 Å². The van der Waals surface area contributed by atoms with Crippen LogP contribution in [-0.4, -0.2) is 22.0 Å². The van der Waals surface area contributed by atoms with Crippen LogP contribution in [0.2, 0.25) is 0 Å². The van der Waals surface area contributed by atoms with Crippen LogP contribution in [0, 0.1) is 0 Å². The van der Waals surface area contributed by atoms with Gasteiger partial charge in [-0.3, -0.25) is 4.79 Å². The molecule has 0 atom stereocenters. The average molecular weight is 245 g/mol. The number of aromatic nitrogens is 2. The lowest BCUT2D eigenvalue weighted by Crippen LogP contribution is -2.15. The number of hydrogen-bond acceptors (Lipinski definition) is 4. The SMILES string of the molecule is NC(=O)c1cc(NCCn2ccnc2)ccc1N. The van der Waals surface area contributed by atoms with Gasteiger partial charge in [0.2, 0.25) is 0 Å². The number of nitrogens with zero attached hydrogens (tertiary/aromatic N) is 2. The summed E-state index contributed by atoms with van der Waals surface area (Å²) in [6.45, 7) is 1.51. The van der Waals surface area contributed by atoms with Crippen LogP contribution in [0.15, 0.2) is 36.9 Å². The molecule has 1 amide bonds. The third-order valence-corrected chi connectivity index (χ3v) is 2.58. The van der Waals surface area contributed by atoms with E-state index in [1.165, 1.54) is 0 Å². The van der Waals surface area contributed by atoms with Crippen molar-refractivity contribution in [1.29, 1.82) is 0 Å². The zero-order valence-corrected chi connectivity index (χ0v) is 9.84. The highest BCUT2D eigenvalue weighted by molar-refractivity contribution is 5.98. The van der Waals surface area contributed by atoms with Crippen LogP contribution < -0.4 is 16.8 Å². The van der Waals surface area contributed by atoms with Gasteiger partial charge in [0.15, 0.2) is 0 Å². The number of amides is 1. The van der Waals surface area contributed by atoms with Gasteiger partial charge in [-0.25, -0.2) is 4.98 Å². The number of carbonyl (C=O) groups is 1. The number of anilines is 2. The van der Waals surface area contributed by atoms with Gasteiger partial charge in [-0.2, -0.15) is 0 Å². The fourth-order valence-corrected chi connectivity index (χ4v) is 1.63. The molecule has 18 heavy (non-hydrogen) atoms. The highest BCUT2D eigenvalue weighted by Crippen LogP contribution is 2.17. The van der Waals surface area contributed by atoms with Crippen molar-refractivity contribution >= 4 is 17.3 Å². The lowest BCUT2D eigenvalue weighted by atomic mass is 10.1. The molecule has 1 heterocycles. The van der Waals surface area contributed by atoms with E-state index in [-0.39, 0.29) is 0 Å². The predicted molar refractivity (Wildman–Crippen MR) is 70.1 cm³/mol. The molecule has 0 saturated carbocycles. The summed E-state index contributed by atoms with van der Waals surface area (Å²) in [5.74, 6) is -0.522. The van der Waals surface area contributed by atoms with Crippen LogP contribution in [0.5, 0.6) is 0 Å². The highest BCUT2D eigenvalue weighted by atomic mass is 16.1. The summed E-state index contributed by atoms with van der Waals surface area (Å²) in [5.41, 5.74) is 12.4. The zero-order valence-electron chi connectivity index (χ0n) is 9.84. The number of carbonyl (C=O) groups excluding carboxylic acids is 1. The summed E-state index contributed by atoms with van der Waals surface area (Å²) in [5, 5.41) is 3.19. The topological polar surface area (TPSA) is 99.0 Å². The molecule has 0 aliphatic carbocycles. The van der Waals surface area contributed by atoms with E-state index in [1.54, 1.807) is 24.7 Å². The summed E-state index contributed by atoms with van der Waals surface area (Å²) in [6.07, 6.45) is 5.37. The van der Waals surface area contributed by atoms with Gasteiger partial charge < -0.3 is 21.4 Å². The Kier molecular flexibility index (Phi) is 3.47. The van der Waals surface area contributed by atoms with E-state index < -0.39 is 5.91 Å². The van der Waals surface area contributed by atoms with Crippen molar-refractivity contribution in [3.05, 3.63) is 42.5 Å². The number of nitrogens with two attached hydrogens (primary N) is 2. The molecular weight excluding hydrogens is 230 g/mol. The zero-order chi connectivity index (χ0) is 13.0. The van der Waals surface area contributed by atoms with Gasteiger partial charge in [0.25, 0.3) is 5.91 Å². The van der Waals surface area contributed by atoms with E-state index >= 15 is 0 Å². The molecule has 1 aromatic heterocycles. The van der Waals surface area contributed by atoms with Gasteiger partial charge in [-0.1, -0.05) is 0 Å². The standard InChI is InChI=1S/C12H15N5O/c13-11-2-1-9(7-10(11)12(14)18)16-4-6-17-5-3-15-8-17/h1-3,5,7-8,16H,4,6,13H2,(H2,14,18). The molecule has 0 aliphatic rings. The maximum absolute atomic E-state index is 11.1. The van der Waals surface area contributed by atoms with Crippen LogP contribution in [0.25, 0.3) is 0 Å². The normalized spacial score (nSPS) is 10.2. The largest absolute Gasteiger partial charge is 0.398 e. The molecule has 6 nitrogen and oxygen atoms in total. The number of nitrogen functional groups attached to an aromatic ring is 1. The summed E-state index contributed by atoms with van der Waals surface area (Å²) >= 11 is 0. The molecule has 2 aromatic rings. The van der Waals surface area contributed by atoms with Crippen LogP contribution in [0.1, 0.15) is 10.4 Å².